The topological polar surface area (TPSA) is 79.9 Å². The lowest BCUT2D eigenvalue weighted by Crippen LogP contribution is -2.33. The van der Waals surface area contributed by atoms with Gasteiger partial charge in [-0.25, -0.2) is 0 Å². The Labute approximate surface area is 200 Å². The van der Waals surface area contributed by atoms with Crippen LogP contribution in [0.2, 0.25) is 0 Å². The van der Waals surface area contributed by atoms with Crippen molar-refractivity contribution in [3.8, 4) is 5.75 Å². The van der Waals surface area contributed by atoms with Crippen LogP contribution in [-0.2, 0) is 5.41 Å². The Bertz CT molecular complexity index is 1190. The quantitative estimate of drug-likeness (QED) is 0.382. The van der Waals surface area contributed by atoms with Crippen LogP contribution in [0.4, 0.5) is 0 Å². The number of fused-ring (bicyclic) bond motifs is 4. The second-order valence-corrected chi connectivity index (χ2v) is 10.2. The summed E-state index contributed by atoms with van der Waals surface area (Å²) < 4.78 is 12.3. The number of aliphatic hydroxyl groups is 2. The molecule has 0 bridgehead atoms. The van der Waals surface area contributed by atoms with E-state index in [1.54, 1.807) is 0 Å². The second kappa shape index (κ2) is 9.20. The number of hydrogen-bond acceptors (Lipinski definition) is 5. The maximum absolute atomic E-state index is 13.6. The lowest BCUT2D eigenvalue weighted by Gasteiger charge is -2.34. The molecule has 5 heteroatoms. The molecule has 2 aliphatic rings. The van der Waals surface area contributed by atoms with Gasteiger partial charge in [-0.15, -0.1) is 0 Å². The van der Waals surface area contributed by atoms with Gasteiger partial charge in [-0.1, -0.05) is 44.4 Å². The van der Waals surface area contributed by atoms with E-state index in [1.807, 2.05) is 42.5 Å². The number of aliphatic hydroxyl groups excluding tert-OH is 2. The summed E-state index contributed by atoms with van der Waals surface area (Å²) in [4.78, 5) is 13.6. The molecule has 1 aromatic heterocycles. The summed E-state index contributed by atoms with van der Waals surface area (Å²) in [5, 5.41) is 21.1. The van der Waals surface area contributed by atoms with E-state index in [1.165, 1.54) is 0 Å². The molecule has 2 unspecified atom stereocenters. The van der Waals surface area contributed by atoms with Gasteiger partial charge in [0, 0.05) is 23.5 Å². The predicted octanol–water partition coefficient (Wildman–Crippen LogP) is 5.62. The Morgan fingerprint density at radius 2 is 1.97 bits per heavy atom. The molecule has 2 N–H and O–H groups in total. The summed E-state index contributed by atoms with van der Waals surface area (Å²) in [5.41, 5.74) is 2.59. The van der Waals surface area contributed by atoms with E-state index in [-0.39, 0.29) is 24.9 Å². The zero-order valence-electron chi connectivity index (χ0n) is 20.0. The molecule has 0 spiro atoms. The number of hydrogen-bond donors (Lipinski definition) is 2. The smallest absolute Gasteiger partial charge is 0.197 e. The van der Waals surface area contributed by atoms with Crippen molar-refractivity contribution >= 4 is 16.8 Å². The molecule has 0 aliphatic heterocycles. The number of benzene rings is 2. The first-order valence-corrected chi connectivity index (χ1v) is 12.6. The average molecular weight is 463 g/mol. The number of carbonyl (C=O) groups is 1. The van der Waals surface area contributed by atoms with Crippen molar-refractivity contribution < 1.29 is 24.2 Å². The van der Waals surface area contributed by atoms with Crippen molar-refractivity contribution in [3.05, 3.63) is 64.9 Å². The minimum absolute atomic E-state index is 0.0106. The molecule has 3 atom stereocenters. The number of ketones is 1. The van der Waals surface area contributed by atoms with Crippen LogP contribution in [0.3, 0.4) is 0 Å². The first-order valence-electron chi connectivity index (χ1n) is 12.6. The van der Waals surface area contributed by atoms with E-state index in [9.17, 15) is 15.0 Å². The fraction of sp³-hybridized carbons (Fsp3) is 0.483. The van der Waals surface area contributed by atoms with Crippen LogP contribution in [0.15, 0.2) is 46.9 Å². The zero-order valence-corrected chi connectivity index (χ0v) is 20.0. The Morgan fingerprint density at radius 1 is 1.18 bits per heavy atom. The number of ether oxygens (including phenoxy) is 1. The molecule has 180 valence electrons. The van der Waals surface area contributed by atoms with E-state index >= 15 is 0 Å². The van der Waals surface area contributed by atoms with E-state index < -0.39 is 11.5 Å². The molecule has 0 radical (unpaired) electrons. The summed E-state index contributed by atoms with van der Waals surface area (Å²) in [6, 6.07) is 13.4. The van der Waals surface area contributed by atoms with Gasteiger partial charge >= 0.3 is 0 Å². The van der Waals surface area contributed by atoms with Gasteiger partial charge in [-0.2, -0.15) is 0 Å². The Balaban J connectivity index is 1.50. The summed E-state index contributed by atoms with van der Waals surface area (Å²) >= 11 is 0. The largest absolute Gasteiger partial charge is 0.491 e. The standard InChI is InChI=1S/C29H34O5/c1-3-4-7-14-29(2)23-15-19(33-17-24(31)22(16-30)18-10-11-18)12-13-20(23)27(32)26-21-8-5-6-9-25(21)34-28(26)29/h5-6,8-9,12-13,15,18,22,24,30-31H,3-4,7,10-11,14,16-17H2,1-2H3/t22?,24-,29?/m1/s1. The van der Waals surface area contributed by atoms with Gasteiger partial charge in [0.25, 0.3) is 0 Å². The van der Waals surface area contributed by atoms with Crippen LogP contribution in [0.5, 0.6) is 5.75 Å². The third kappa shape index (κ3) is 3.95. The maximum Gasteiger partial charge on any atom is 0.197 e. The SMILES string of the molecule is CCCCCC1(C)c2cc(OC[C@@H](O)C(CO)C3CC3)ccc2C(=O)c2c1oc1ccccc21. The molecule has 5 rings (SSSR count). The summed E-state index contributed by atoms with van der Waals surface area (Å²) in [5.74, 6) is 1.60. The molecular formula is C29H34O5. The van der Waals surface area contributed by atoms with Crippen molar-refractivity contribution in [2.24, 2.45) is 11.8 Å². The molecule has 1 heterocycles. The first kappa shape index (κ1) is 23.1. The Morgan fingerprint density at radius 3 is 2.71 bits per heavy atom. The van der Waals surface area contributed by atoms with E-state index in [0.29, 0.717) is 22.8 Å². The van der Waals surface area contributed by atoms with Gasteiger partial charge in [0.05, 0.1) is 17.1 Å². The molecule has 3 aromatic rings. The molecular weight excluding hydrogens is 428 g/mol. The summed E-state index contributed by atoms with van der Waals surface area (Å²) in [7, 11) is 0. The second-order valence-electron chi connectivity index (χ2n) is 10.2. The Kier molecular flexibility index (Phi) is 6.26. The minimum atomic E-state index is -0.715. The van der Waals surface area contributed by atoms with Crippen LogP contribution in [0.1, 0.15) is 79.6 Å². The molecule has 1 fully saturated rings. The van der Waals surface area contributed by atoms with Crippen molar-refractivity contribution in [3.63, 3.8) is 0 Å². The number of furan rings is 1. The van der Waals surface area contributed by atoms with Crippen LogP contribution in [0, 0.1) is 11.8 Å². The van der Waals surface area contributed by atoms with Crippen molar-refractivity contribution in [1.29, 1.82) is 0 Å². The third-order valence-electron chi connectivity index (χ3n) is 7.79. The van der Waals surface area contributed by atoms with Gasteiger partial charge in [0.1, 0.15) is 23.7 Å². The highest BCUT2D eigenvalue weighted by Gasteiger charge is 2.44. The van der Waals surface area contributed by atoms with Gasteiger partial charge in [-0.3, -0.25) is 4.79 Å². The molecule has 1 saturated carbocycles. The van der Waals surface area contributed by atoms with E-state index in [2.05, 4.69) is 13.8 Å². The van der Waals surface area contributed by atoms with E-state index in [0.717, 1.165) is 60.8 Å². The lowest BCUT2D eigenvalue weighted by atomic mass is 9.68. The van der Waals surface area contributed by atoms with Crippen molar-refractivity contribution in [2.75, 3.05) is 13.2 Å². The van der Waals surface area contributed by atoms with E-state index in [4.69, 9.17) is 9.15 Å². The predicted molar refractivity (Wildman–Crippen MR) is 131 cm³/mol. The van der Waals surface area contributed by atoms with Crippen LogP contribution in [0.25, 0.3) is 11.0 Å². The molecule has 5 nitrogen and oxygen atoms in total. The number of carbonyl (C=O) groups excluding carboxylic acids is 1. The number of unbranched alkanes of at least 4 members (excludes halogenated alkanes) is 2. The maximum atomic E-state index is 13.6. The van der Waals surface area contributed by atoms with Crippen LogP contribution < -0.4 is 4.74 Å². The highest BCUT2D eigenvalue weighted by atomic mass is 16.5. The zero-order chi connectivity index (χ0) is 23.9. The fourth-order valence-corrected chi connectivity index (χ4v) is 5.58. The number of para-hydroxylation sites is 1. The van der Waals surface area contributed by atoms with Gasteiger partial charge in [-0.05, 0) is 61.9 Å². The van der Waals surface area contributed by atoms with Gasteiger partial charge in [0.15, 0.2) is 5.78 Å². The summed E-state index contributed by atoms with van der Waals surface area (Å²) in [6.07, 6.45) is 5.52. The summed E-state index contributed by atoms with van der Waals surface area (Å²) in [6.45, 7) is 4.45. The highest BCUT2D eigenvalue weighted by Crippen LogP contribution is 2.49. The lowest BCUT2D eigenvalue weighted by molar-refractivity contribution is 0.0208. The normalized spacial score (nSPS) is 21.2. The highest BCUT2D eigenvalue weighted by molar-refractivity contribution is 6.19. The molecule has 0 amide bonds. The first-order chi connectivity index (χ1) is 16.5. The molecule has 2 aliphatic carbocycles. The number of rotatable bonds is 10. The van der Waals surface area contributed by atoms with Gasteiger partial charge in [0.2, 0.25) is 0 Å². The van der Waals surface area contributed by atoms with Gasteiger partial charge < -0.3 is 19.4 Å². The van der Waals surface area contributed by atoms with Crippen molar-refractivity contribution in [1.82, 2.24) is 0 Å². The third-order valence-corrected chi connectivity index (χ3v) is 7.79. The monoisotopic (exact) mass is 462 g/mol. The molecule has 0 saturated heterocycles. The molecule has 2 aromatic carbocycles. The minimum Gasteiger partial charge on any atom is -0.491 e. The fourth-order valence-electron chi connectivity index (χ4n) is 5.58. The van der Waals surface area contributed by atoms with Crippen LogP contribution in [-0.4, -0.2) is 35.3 Å². The molecule has 34 heavy (non-hydrogen) atoms. The average Bonchev–Trinajstić information content (AvgIpc) is 3.60. The van der Waals surface area contributed by atoms with Crippen molar-refractivity contribution in [2.45, 2.75) is 63.9 Å². The van der Waals surface area contributed by atoms with Crippen LogP contribution >= 0.6 is 0 Å². The Hall–Kier alpha value is -2.63.